The Labute approximate surface area is 195 Å². The predicted molar refractivity (Wildman–Crippen MR) is 124 cm³/mol. The molecule has 2 amide bonds. The first-order valence-corrected chi connectivity index (χ1v) is 12.1. The first-order valence-electron chi connectivity index (χ1n) is 12.1. The average molecular weight is 454 g/mol. The second-order valence-electron chi connectivity index (χ2n) is 9.98. The van der Waals surface area contributed by atoms with Crippen LogP contribution in [0.4, 0.5) is 0 Å². The highest BCUT2D eigenvalue weighted by molar-refractivity contribution is 5.92. The Kier molecular flexibility index (Phi) is 6.88. The summed E-state index contributed by atoms with van der Waals surface area (Å²) in [6.07, 6.45) is 2.58. The van der Waals surface area contributed by atoms with E-state index in [1.54, 1.807) is 11.0 Å². The van der Waals surface area contributed by atoms with E-state index in [-0.39, 0.29) is 29.5 Å². The molecule has 0 unspecified atom stereocenters. The third-order valence-electron chi connectivity index (χ3n) is 7.00. The summed E-state index contributed by atoms with van der Waals surface area (Å²) in [5, 5.41) is 15.2. The molecule has 7 nitrogen and oxygen atoms in total. The van der Waals surface area contributed by atoms with Crippen LogP contribution in [-0.2, 0) is 11.2 Å². The van der Waals surface area contributed by atoms with Crippen LogP contribution in [0.3, 0.4) is 0 Å². The van der Waals surface area contributed by atoms with Crippen LogP contribution < -0.4 is 0 Å². The molecule has 0 bridgehead atoms. The topological polar surface area (TPSA) is 86.9 Å². The summed E-state index contributed by atoms with van der Waals surface area (Å²) in [5.41, 5.74) is 1.12. The second kappa shape index (κ2) is 9.67. The molecule has 2 aliphatic heterocycles. The van der Waals surface area contributed by atoms with Crippen LogP contribution in [0.1, 0.15) is 74.3 Å². The van der Waals surface area contributed by atoms with Gasteiger partial charge in [-0.1, -0.05) is 62.7 Å². The van der Waals surface area contributed by atoms with Gasteiger partial charge in [0, 0.05) is 25.7 Å². The summed E-state index contributed by atoms with van der Waals surface area (Å²) in [6.45, 7) is 7.76. The average Bonchev–Trinajstić information content (AvgIpc) is 3.27. The molecule has 0 aliphatic carbocycles. The number of carbonyl (C=O) groups is 2. The number of piperidine rings is 2. The standard InChI is InChI=1S/C26H35N3O4/c1-4-8-20-15-22(33-27-20)24(31)28-13-11-26(12-14-28)16-21(30)23(19-9-6-5-7-10-19)29(25(26)32)17-18(2)3/h5-7,9-10,15,18,21,23,30H,4,8,11-14,16-17H2,1-3H3/t21-,23+/m1/s1. The van der Waals surface area contributed by atoms with Crippen molar-refractivity contribution >= 4 is 11.8 Å². The largest absolute Gasteiger partial charge is 0.391 e. The van der Waals surface area contributed by atoms with Crippen LogP contribution in [0.2, 0.25) is 0 Å². The Morgan fingerprint density at radius 1 is 1.24 bits per heavy atom. The van der Waals surface area contributed by atoms with Crippen LogP contribution in [0, 0.1) is 11.3 Å². The van der Waals surface area contributed by atoms with Crippen LogP contribution in [0.15, 0.2) is 40.9 Å². The first-order chi connectivity index (χ1) is 15.8. The second-order valence-corrected chi connectivity index (χ2v) is 9.98. The molecule has 0 saturated carbocycles. The maximum absolute atomic E-state index is 13.9. The summed E-state index contributed by atoms with van der Waals surface area (Å²) < 4.78 is 5.27. The molecule has 1 N–H and O–H groups in total. The van der Waals surface area contributed by atoms with Gasteiger partial charge in [-0.2, -0.15) is 0 Å². The zero-order valence-corrected chi connectivity index (χ0v) is 19.9. The third kappa shape index (κ3) is 4.69. The van der Waals surface area contributed by atoms with Crippen molar-refractivity contribution in [2.45, 2.75) is 65.0 Å². The Morgan fingerprint density at radius 2 is 1.94 bits per heavy atom. The van der Waals surface area contributed by atoms with Gasteiger partial charge < -0.3 is 19.4 Å². The Hall–Kier alpha value is -2.67. The Balaban J connectivity index is 1.51. The van der Waals surface area contributed by atoms with Gasteiger partial charge in [-0.25, -0.2) is 0 Å². The highest BCUT2D eigenvalue weighted by Crippen LogP contribution is 2.47. The molecular formula is C26H35N3O4. The maximum Gasteiger partial charge on any atom is 0.292 e. The number of rotatable bonds is 6. The Morgan fingerprint density at radius 3 is 2.58 bits per heavy atom. The fraction of sp³-hybridized carbons (Fsp3) is 0.577. The van der Waals surface area contributed by atoms with Crippen molar-refractivity contribution in [1.29, 1.82) is 0 Å². The van der Waals surface area contributed by atoms with E-state index in [0.29, 0.717) is 38.9 Å². The molecule has 2 saturated heterocycles. The molecule has 2 fully saturated rings. The number of aliphatic hydroxyl groups is 1. The van der Waals surface area contributed by atoms with Crippen molar-refractivity contribution in [3.8, 4) is 0 Å². The monoisotopic (exact) mass is 453 g/mol. The molecule has 2 atom stereocenters. The van der Waals surface area contributed by atoms with E-state index < -0.39 is 11.5 Å². The zero-order valence-electron chi connectivity index (χ0n) is 19.9. The lowest BCUT2D eigenvalue weighted by Crippen LogP contribution is -2.59. The van der Waals surface area contributed by atoms with Gasteiger partial charge in [-0.15, -0.1) is 0 Å². The van der Waals surface area contributed by atoms with Gasteiger partial charge in [-0.3, -0.25) is 9.59 Å². The number of aryl methyl sites for hydroxylation is 1. The lowest BCUT2D eigenvalue weighted by atomic mass is 9.68. The fourth-order valence-corrected chi connectivity index (χ4v) is 5.38. The van der Waals surface area contributed by atoms with Crippen molar-refractivity contribution in [2.75, 3.05) is 19.6 Å². The minimum absolute atomic E-state index is 0.104. The maximum atomic E-state index is 13.9. The minimum atomic E-state index is -0.642. The van der Waals surface area contributed by atoms with E-state index in [1.807, 2.05) is 35.2 Å². The lowest BCUT2D eigenvalue weighted by molar-refractivity contribution is -0.164. The molecule has 4 rings (SSSR count). The minimum Gasteiger partial charge on any atom is -0.391 e. The number of aromatic nitrogens is 1. The van der Waals surface area contributed by atoms with Crippen LogP contribution in [0.25, 0.3) is 0 Å². The van der Waals surface area contributed by atoms with Crippen molar-refractivity contribution < 1.29 is 19.2 Å². The van der Waals surface area contributed by atoms with Gasteiger partial charge in [0.2, 0.25) is 11.7 Å². The van der Waals surface area contributed by atoms with Gasteiger partial charge in [0.1, 0.15) is 0 Å². The highest BCUT2D eigenvalue weighted by Gasteiger charge is 2.52. The van der Waals surface area contributed by atoms with E-state index in [0.717, 1.165) is 24.1 Å². The van der Waals surface area contributed by atoms with E-state index in [1.165, 1.54) is 0 Å². The summed E-state index contributed by atoms with van der Waals surface area (Å²) in [4.78, 5) is 30.4. The Bertz CT molecular complexity index is 963. The summed E-state index contributed by atoms with van der Waals surface area (Å²) in [5.74, 6) is 0.472. The quantitative estimate of drug-likeness (QED) is 0.718. The van der Waals surface area contributed by atoms with Crippen LogP contribution in [0.5, 0.6) is 0 Å². The van der Waals surface area contributed by atoms with E-state index >= 15 is 0 Å². The van der Waals surface area contributed by atoms with Crippen LogP contribution in [-0.4, -0.2) is 57.6 Å². The molecule has 33 heavy (non-hydrogen) atoms. The van der Waals surface area contributed by atoms with E-state index in [4.69, 9.17) is 4.52 Å². The SMILES string of the molecule is CCCc1cc(C(=O)N2CCC3(CC2)C[C@@H](O)[C@H](c2ccccc2)N(CC(C)C)C3=O)on1. The summed E-state index contributed by atoms with van der Waals surface area (Å²) in [7, 11) is 0. The van der Waals surface area contributed by atoms with Crippen molar-refractivity contribution in [3.63, 3.8) is 0 Å². The van der Waals surface area contributed by atoms with Crippen molar-refractivity contribution in [3.05, 3.63) is 53.4 Å². The summed E-state index contributed by atoms with van der Waals surface area (Å²) >= 11 is 0. The van der Waals surface area contributed by atoms with Gasteiger partial charge >= 0.3 is 0 Å². The molecule has 2 aliphatic rings. The van der Waals surface area contributed by atoms with Gasteiger partial charge in [0.15, 0.2) is 0 Å². The van der Waals surface area contributed by atoms with E-state index in [2.05, 4.69) is 25.9 Å². The number of carbonyl (C=O) groups excluding carboxylic acids is 2. The normalized spacial score (nSPS) is 22.9. The van der Waals surface area contributed by atoms with Crippen LogP contribution >= 0.6 is 0 Å². The molecule has 1 aromatic heterocycles. The van der Waals surface area contributed by atoms with Crippen molar-refractivity contribution in [2.24, 2.45) is 11.3 Å². The smallest absolute Gasteiger partial charge is 0.292 e. The molecule has 1 spiro atoms. The lowest BCUT2D eigenvalue weighted by Gasteiger charge is -2.51. The van der Waals surface area contributed by atoms with Gasteiger partial charge in [0.05, 0.1) is 23.3 Å². The third-order valence-corrected chi connectivity index (χ3v) is 7.00. The molecule has 0 radical (unpaired) electrons. The van der Waals surface area contributed by atoms with Gasteiger partial charge in [0.25, 0.3) is 5.91 Å². The predicted octanol–water partition coefficient (Wildman–Crippen LogP) is 3.84. The van der Waals surface area contributed by atoms with E-state index in [9.17, 15) is 14.7 Å². The number of amides is 2. The number of benzene rings is 1. The van der Waals surface area contributed by atoms with Crippen molar-refractivity contribution in [1.82, 2.24) is 15.0 Å². The summed E-state index contributed by atoms with van der Waals surface area (Å²) in [6, 6.07) is 11.2. The number of likely N-dealkylation sites (tertiary alicyclic amines) is 2. The molecule has 3 heterocycles. The number of nitrogens with zero attached hydrogens (tertiary/aromatic N) is 3. The highest BCUT2D eigenvalue weighted by atomic mass is 16.5. The molecule has 7 heteroatoms. The molecule has 1 aromatic carbocycles. The van der Waals surface area contributed by atoms with Gasteiger partial charge in [-0.05, 0) is 37.2 Å². The first kappa shape index (κ1) is 23.5. The molecule has 178 valence electrons. The number of hydrogen-bond donors (Lipinski definition) is 1. The number of hydrogen-bond acceptors (Lipinski definition) is 5. The zero-order chi connectivity index (χ0) is 23.6. The molecule has 2 aromatic rings. The number of aliphatic hydroxyl groups excluding tert-OH is 1. The fourth-order valence-electron chi connectivity index (χ4n) is 5.38. The molecular weight excluding hydrogens is 418 g/mol.